The van der Waals surface area contributed by atoms with Crippen molar-refractivity contribution in [2.75, 3.05) is 0 Å². The summed E-state index contributed by atoms with van der Waals surface area (Å²) < 4.78 is 13.1. The fourth-order valence-electron chi connectivity index (χ4n) is 4.59. The van der Waals surface area contributed by atoms with E-state index in [1.807, 2.05) is 12.1 Å². The Kier molecular flexibility index (Phi) is 11.2. The lowest BCUT2D eigenvalue weighted by Gasteiger charge is -2.43. The number of aliphatic hydroxyl groups is 1. The van der Waals surface area contributed by atoms with Crippen molar-refractivity contribution in [1.29, 1.82) is 0 Å². The molecule has 0 aliphatic heterocycles. The van der Waals surface area contributed by atoms with Gasteiger partial charge < -0.3 is 5.11 Å². The topological polar surface area (TPSA) is 20.2 Å². The Balaban J connectivity index is 2.64. The van der Waals surface area contributed by atoms with Gasteiger partial charge in [0.15, 0.2) is 0 Å². The van der Waals surface area contributed by atoms with Crippen LogP contribution in [0.1, 0.15) is 98.0 Å². The van der Waals surface area contributed by atoms with Crippen molar-refractivity contribution in [3.05, 3.63) is 35.6 Å². The lowest BCUT2D eigenvalue weighted by molar-refractivity contribution is -0.102. The molecule has 1 aromatic rings. The number of unbranched alkanes of at least 4 members (excludes halogenated alkanes) is 5. The van der Waals surface area contributed by atoms with Crippen LogP contribution in [0.3, 0.4) is 0 Å². The maximum absolute atomic E-state index is 13.1. The average Bonchev–Trinajstić information content (AvgIpc) is 2.63. The van der Waals surface area contributed by atoms with Crippen molar-refractivity contribution in [2.24, 2.45) is 17.8 Å². The van der Waals surface area contributed by atoms with E-state index in [9.17, 15) is 9.50 Å². The zero-order valence-corrected chi connectivity index (χ0v) is 18.4. The molecular weight excluding hydrogens is 335 g/mol. The van der Waals surface area contributed by atoms with Crippen LogP contribution in [0.25, 0.3) is 0 Å². The molecule has 2 heteroatoms. The Hall–Kier alpha value is -0.890. The maximum Gasteiger partial charge on any atom is 0.123 e. The molecule has 0 fully saturated rings. The van der Waals surface area contributed by atoms with E-state index in [4.69, 9.17) is 0 Å². The minimum Gasteiger partial charge on any atom is -0.389 e. The summed E-state index contributed by atoms with van der Waals surface area (Å²) >= 11 is 0. The van der Waals surface area contributed by atoms with Gasteiger partial charge in [0.05, 0.1) is 5.60 Å². The number of hydrogen-bond acceptors (Lipinski definition) is 1. The molecule has 1 rings (SSSR count). The predicted molar refractivity (Wildman–Crippen MR) is 115 cm³/mol. The lowest BCUT2D eigenvalue weighted by atomic mass is 9.68. The van der Waals surface area contributed by atoms with Crippen molar-refractivity contribution in [2.45, 2.75) is 104 Å². The molecule has 156 valence electrons. The van der Waals surface area contributed by atoms with E-state index in [1.165, 1.54) is 44.1 Å². The maximum atomic E-state index is 13.1. The Labute approximate surface area is 167 Å². The van der Waals surface area contributed by atoms with Gasteiger partial charge in [0, 0.05) is 0 Å². The van der Waals surface area contributed by atoms with E-state index >= 15 is 0 Å². The van der Waals surface area contributed by atoms with Gasteiger partial charge >= 0.3 is 0 Å². The average molecular weight is 379 g/mol. The zero-order valence-electron chi connectivity index (χ0n) is 18.4. The van der Waals surface area contributed by atoms with Crippen LogP contribution in [0.5, 0.6) is 0 Å². The third-order valence-electron chi connectivity index (χ3n) is 6.34. The van der Waals surface area contributed by atoms with Crippen LogP contribution in [0.2, 0.25) is 0 Å². The van der Waals surface area contributed by atoms with E-state index in [2.05, 4.69) is 34.6 Å². The summed E-state index contributed by atoms with van der Waals surface area (Å²) in [5.41, 5.74) is 0.582. The van der Waals surface area contributed by atoms with Gasteiger partial charge in [-0.25, -0.2) is 4.39 Å². The predicted octanol–water partition coefficient (Wildman–Crippen LogP) is 7.56. The molecular formula is C25H43FO. The number of halogens is 1. The molecule has 0 spiro atoms. The third-order valence-corrected chi connectivity index (χ3v) is 6.34. The van der Waals surface area contributed by atoms with Gasteiger partial charge in [-0.1, -0.05) is 85.3 Å². The number of rotatable bonds is 14. The second-order valence-corrected chi connectivity index (χ2v) is 8.97. The van der Waals surface area contributed by atoms with Crippen LogP contribution in [0, 0.1) is 23.6 Å². The molecule has 0 saturated heterocycles. The first-order valence-corrected chi connectivity index (χ1v) is 11.3. The normalized spacial score (nSPS) is 13.5. The largest absolute Gasteiger partial charge is 0.389 e. The summed E-state index contributed by atoms with van der Waals surface area (Å²) in [5.74, 6) is 0.680. The first kappa shape index (κ1) is 24.1. The molecule has 0 bridgehead atoms. The van der Waals surface area contributed by atoms with Crippen molar-refractivity contribution >= 4 is 0 Å². The minimum absolute atomic E-state index is 0.173. The van der Waals surface area contributed by atoms with E-state index < -0.39 is 5.60 Å². The minimum atomic E-state index is -0.605. The molecule has 1 nitrogen and oxygen atoms in total. The van der Waals surface area contributed by atoms with Crippen LogP contribution in [-0.2, 0) is 6.42 Å². The van der Waals surface area contributed by atoms with Crippen LogP contribution in [-0.4, -0.2) is 10.7 Å². The summed E-state index contributed by atoms with van der Waals surface area (Å²) in [6, 6.07) is 6.85. The molecule has 1 unspecified atom stereocenters. The van der Waals surface area contributed by atoms with E-state index in [0.29, 0.717) is 5.92 Å². The van der Waals surface area contributed by atoms with Crippen molar-refractivity contribution < 1.29 is 9.50 Å². The van der Waals surface area contributed by atoms with Crippen molar-refractivity contribution in [3.8, 4) is 0 Å². The van der Waals surface area contributed by atoms with E-state index in [-0.39, 0.29) is 17.7 Å². The third kappa shape index (κ3) is 7.94. The molecule has 0 saturated carbocycles. The van der Waals surface area contributed by atoms with Crippen LogP contribution in [0.15, 0.2) is 24.3 Å². The highest BCUT2D eigenvalue weighted by molar-refractivity contribution is 5.16. The molecule has 1 aromatic carbocycles. The van der Waals surface area contributed by atoms with Gasteiger partial charge in [0.2, 0.25) is 0 Å². The molecule has 27 heavy (non-hydrogen) atoms. The number of hydrogen-bond donors (Lipinski definition) is 1. The smallest absolute Gasteiger partial charge is 0.123 e. The highest BCUT2D eigenvalue weighted by atomic mass is 19.1. The Morgan fingerprint density at radius 2 is 1.33 bits per heavy atom. The van der Waals surface area contributed by atoms with Gasteiger partial charge in [0.1, 0.15) is 5.82 Å². The molecule has 0 aromatic heterocycles. The van der Waals surface area contributed by atoms with Gasteiger partial charge in [-0.05, 0) is 61.1 Å². The van der Waals surface area contributed by atoms with Gasteiger partial charge in [0.25, 0.3) is 0 Å². The van der Waals surface area contributed by atoms with Gasteiger partial charge in [-0.15, -0.1) is 0 Å². The SMILES string of the molecule is CCCCCCCCC(CCCc1ccc(F)cc1)C(O)(C(C)C)C(C)C. The molecule has 0 aliphatic carbocycles. The summed E-state index contributed by atoms with van der Waals surface area (Å²) in [5, 5.41) is 11.6. The molecule has 1 atom stereocenters. The molecule has 0 heterocycles. The molecule has 1 N–H and O–H groups in total. The van der Waals surface area contributed by atoms with Crippen LogP contribution >= 0.6 is 0 Å². The first-order valence-electron chi connectivity index (χ1n) is 11.3. The van der Waals surface area contributed by atoms with Crippen molar-refractivity contribution in [3.63, 3.8) is 0 Å². The quantitative estimate of drug-likeness (QED) is 0.331. The fourth-order valence-corrected chi connectivity index (χ4v) is 4.59. The zero-order chi connectivity index (χ0) is 20.3. The molecule has 0 radical (unpaired) electrons. The van der Waals surface area contributed by atoms with E-state index in [1.54, 1.807) is 12.1 Å². The second kappa shape index (κ2) is 12.5. The monoisotopic (exact) mass is 378 g/mol. The lowest BCUT2D eigenvalue weighted by Crippen LogP contribution is -2.47. The first-order chi connectivity index (χ1) is 12.8. The standard InChI is InChI=1S/C25H43FO/c1-6-7-8-9-10-11-14-23(25(27,20(2)3)21(4)5)15-12-13-22-16-18-24(26)19-17-22/h16-21,23,27H,6-15H2,1-5H3. The number of aryl methyl sites for hydroxylation is 1. The molecule has 0 amide bonds. The fraction of sp³-hybridized carbons (Fsp3) is 0.760. The van der Waals surface area contributed by atoms with Gasteiger partial charge in [-0.3, -0.25) is 0 Å². The van der Waals surface area contributed by atoms with Crippen LogP contribution in [0.4, 0.5) is 4.39 Å². The summed E-state index contributed by atoms with van der Waals surface area (Å²) in [6.45, 7) is 10.9. The Bertz CT molecular complexity index is 484. The Morgan fingerprint density at radius 3 is 1.89 bits per heavy atom. The highest BCUT2D eigenvalue weighted by Gasteiger charge is 2.41. The second-order valence-electron chi connectivity index (χ2n) is 8.97. The highest BCUT2D eigenvalue weighted by Crippen LogP contribution is 2.39. The Morgan fingerprint density at radius 1 is 0.815 bits per heavy atom. The number of benzene rings is 1. The summed E-state index contributed by atoms with van der Waals surface area (Å²) in [4.78, 5) is 0. The summed E-state index contributed by atoms with van der Waals surface area (Å²) in [6.07, 6.45) is 11.9. The molecule has 0 aliphatic rings. The van der Waals surface area contributed by atoms with Crippen LogP contribution < -0.4 is 0 Å². The van der Waals surface area contributed by atoms with Crippen molar-refractivity contribution in [1.82, 2.24) is 0 Å². The van der Waals surface area contributed by atoms with Gasteiger partial charge in [-0.2, -0.15) is 0 Å². The van der Waals surface area contributed by atoms with E-state index in [0.717, 1.165) is 25.7 Å². The summed E-state index contributed by atoms with van der Waals surface area (Å²) in [7, 11) is 0.